The van der Waals surface area contributed by atoms with E-state index in [1.807, 2.05) is 20.8 Å². The van der Waals surface area contributed by atoms with E-state index < -0.39 is 23.2 Å². The maximum Gasteiger partial charge on any atom is 0.410 e. The number of methoxy groups -OCH3 is 1. The fourth-order valence-corrected chi connectivity index (χ4v) is 4.26. The van der Waals surface area contributed by atoms with Gasteiger partial charge in [0.2, 0.25) is 11.8 Å². The van der Waals surface area contributed by atoms with E-state index in [9.17, 15) is 19.2 Å². The van der Waals surface area contributed by atoms with Gasteiger partial charge in [-0.3, -0.25) is 15.3 Å². The minimum atomic E-state index is -1.60. The number of rotatable bonds is 6. The van der Waals surface area contributed by atoms with Crippen LogP contribution in [0.2, 0.25) is 0 Å². The quantitative estimate of drug-likeness (QED) is 0.447. The molecule has 3 amide bonds. The minimum absolute atomic E-state index is 0.0329. The molecule has 2 aliphatic rings. The van der Waals surface area contributed by atoms with Crippen molar-refractivity contribution < 1.29 is 28.7 Å². The van der Waals surface area contributed by atoms with Crippen LogP contribution >= 0.6 is 0 Å². The van der Waals surface area contributed by atoms with E-state index >= 15 is 0 Å². The summed E-state index contributed by atoms with van der Waals surface area (Å²) in [5, 5.41) is 2.53. The predicted octanol–water partition coefficient (Wildman–Crippen LogP) is 1.62. The molecular weight excluding hydrogens is 428 g/mol. The average Bonchev–Trinajstić information content (AvgIpc) is 2.75. The summed E-state index contributed by atoms with van der Waals surface area (Å²) >= 11 is 0. The van der Waals surface area contributed by atoms with Gasteiger partial charge in [-0.25, -0.2) is 9.59 Å². The Morgan fingerprint density at radius 2 is 1.64 bits per heavy atom. The van der Waals surface area contributed by atoms with Crippen molar-refractivity contribution in [1.82, 2.24) is 15.1 Å². The fourth-order valence-electron chi connectivity index (χ4n) is 4.26. The second-order valence-corrected chi connectivity index (χ2v) is 10.3. The molecule has 0 radical (unpaired) electrons. The smallest absolute Gasteiger partial charge is 0.410 e. The Morgan fingerprint density at radius 3 is 2.21 bits per heavy atom. The molecule has 33 heavy (non-hydrogen) atoms. The number of nitrogens with two attached hydrogens (primary N) is 1. The number of hydrogen-bond donors (Lipinski definition) is 2. The van der Waals surface area contributed by atoms with Gasteiger partial charge in [0, 0.05) is 32.6 Å². The van der Waals surface area contributed by atoms with Gasteiger partial charge in [-0.15, -0.1) is 0 Å². The molecule has 0 aromatic carbocycles. The Bertz CT molecular complexity index is 725. The number of hydrogen-bond acceptors (Lipinski definition) is 7. The highest BCUT2D eigenvalue weighted by atomic mass is 16.6. The number of likely N-dealkylation sites (tertiary alicyclic amines) is 2. The molecule has 2 heterocycles. The molecule has 0 bridgehead atoms. The molecular formula is C23H40N4O6. The molecule has 2 atom stereocenters. The lowest BCUT2D eigenvalue weighted by molar-refractivity contribution is -0.151. The molecule has 1 unspecified atom stereocenters. The van der Waals surface area contributed by atoms with Crippen LogP contribution in [-0.2, 0) is 23.9 Å². The van der Waals surface area contributed by atoms with E-state index in [1.54, 1.807) is 9.80 Å². The van der Waals surface area contributed by atoms with Crippen LogP contribution in [0.4, 0.5) is 4.79 Å². The van der Waals surface area contributed by atoms with Crippen molar-refractivity contribution in [3.63, 3.8) is 0 Å². The van der Waals surface area contributed by atoms with E-state index in [0.717, 1.165) is 25.7 Å². The highest BCUT2D eigenvalue weighted by molar-refractivity contribution is 5.88. The number of nitrogens with one attached hydrogen (secondary N) is 1. The standard InChI is InChI=1S/C23H40N4O6/c1-22(2,3)33-21(31)26-13-10-16(11-14-26)8-9-18(28)27-12-6-7-17(15-27)19(29)25-23(4,24)20(30)32-5/h16-17H,6-15,24H2,1-5H3,(H,25,29)/t17?,23-/m0/s1. The lowest BCUT2D eigenvalue weighted by Gasteiger charge is -2.35. The Balaban J connectivity index is 1.77. The third-order valence-corrected chi connectivity index (χ3v) is 6.17. The molecule has 0 saturated carbocycles. The average molecular weight is 469 g/mol. The van der Waals surface area contributed by atoms with Crippen molar-refractivity contribution in [3.8, 4) is 0 Å². The van der Waals surface area contributed by atoms with Gasteiger partial charge >= 0.3 is 12.1 Å². The van der Waals surface area contributed by atoms with Crippen LogP contribution in [0.1, 0.15) is 66.2 Å². The third-order valence-electron chi connectivity index (χ3n) is 6.17. The largest absolute Gasteiger partial charge is 0.466 e. The van der Waals surface area contributed by atoms with Gasteiger partial charge in [0.1, 0.15) is 5.60 Å². The van der Waals surface area contributed by atoms with Crippen LogP contribution in [0.3, 0.4) is 0 Å². The summed E-state index contributed by atoms with van der Waals surface area (Å²) < 4.78 is 10.1. The lowest BCUT2D eigenvalue weighted by atomic mass is 9.91. The zero-order chi connectivity index (χ0) is 24.8. The normalized spacial score (nSPS) is 21.7. The number of carbonyl (C=O) groups is 4. The molecule has 10 heteroatoms. The van der Waals surface area contributed by atoms with Crippen molar-refractivity contribution >= 4 is 23.9 Å². The summed E-state index contributed by atoms with van der Waals surface area (Å²) in [7, 11) is 1.21. The molecule has 2 rings (SSSR count). The monoisotopic (exact) mass is 468 g/mol. The number of nitrogens with zero attached hydrogens (tertiary/aromatic N) is 2. The highest BCUT2D eigenvalue weighted by Crippen LogP contribution is 2.25. The number of piperidine rings is 2. The van der Waals surface area contributed by atoms with Crippen LogP contribution < -0.4 is 11.1 Å². The maximum atomic E-state index is 12.8. The zero-order valence-corrected chi connectivity index (χ0v) is 20.6. The van der Waals surface area contributed by atoms with E-state index in [2.05, 4.69) is 10.1 Å². The van der Waals surface area contributed by atoms with Crippen molar-refractivity contribution in [2.45, 2.75) is 77.5 Å². The van der Waals surface area contributed by atoms with Gasteiger partial charge in [-0.2, -0.15) is 0 Å². The molecule has 0 aliphatic carbocycles. The van der Waals surface area contributed by atoms with E-state index in [0.29, 0.717) is 44.9 Å². The van der Waals surface area contributed by atoms with Crippen LogP contribution in [0.5, 0.6) is 0 Å². The number of ether oxygens (including phenoxy) is 2. The van der Waals surface area contributed by atoms with Crippen molar-refractivity contribution in [2.24, 2.45) is 17.6 Å². The fraction of sp³-hybridized carbons (Fsp3) is 0.826. The SMILES string of the molecule is COC(=O)[C@@](C)(N)NC(=O)C1CCCN(C(=O)CCC2CCN(C(=O)OC(C)(C)C)CC2)C1. The Morgan fingerprint density at radius 1 is 1.00 bits per heavy atom. The molecule has 0 aromatic heterocycles. The summed E-state index contributed by atoms with van der Waals surface area (Å²) in [5.41, 5.74) is 3.73. The van der Waals surface area contributed by atoms with E-state index in [4.69, 9.17) is 10.5 Å². The van der Waals surface area contributed by atoms with Crippen molar-refractivity contribution in [1.29, 1.82) is 0 Å². The van der Waals surface area contributed by atoms with Gasteiger partial charge in [0.15, 0.2) is 5.66 Å². The van der Waals surface area contributed by atoms with Crippen molar-refractivity contribution in [3.05, 3.63) is 0 Å². The van der Waals surface area contributed by atoms with E-state index in [-0.39, 0.29) is 17.9 Å². The first-order valence-electron chi connectivity index (χ1n) is 11.8. The Labute approximate surface area is 196 Å². The summed E-state index contributed by atoms with van der Waals surface area (Å²) in [4.78, 5) is 52.8. The number of amides is 3. The van der Waals surface area contributed by atoms with Gasteiger partial charge in [-0.05, 0) is 65.7 Å². The number of esters is 1. The van der Waals surface area contributed by atoms with Gasteiger partial charge in [0.05, 0.1) is 13.0 Å². The maximum absolute atomic E-state index is 12.8. The summed E-state index contributed by atoms with van der Waals surface area (Å²) in [5.74, 6) is -1.07. The van der Waals surface area contributed by atoms with Gasteiger partial charge < -0.3 is 24.6 Å². The first kappa shape index (κ1) is 26.9. The topological polar surface area (TPSA) is 131 Å². The van der Waals surface area contributed by atoms with Crippen molar-refractivity contribution in [2.75, 3.05) is 33.3 Å². The van der Waals surface area contributed by atoms with E-state index in [1.165, 1.54) is 14.0 Å². The highest BCUT2D eigenvalue weighted by Gasteiger charge is 2.36. The second-order valence-electron chi connectivity index (χ2n) is 10.3. The van der Waals surface area contributed by atoms with Crippen LogP contribution in [0, 0.1) is 11.8 Å². The summed E-state index contributed by atoms with van der Waals surface area (Å²) in [6.07, 6.45) is 3.95. The number of carbonyl (C=O) groups excluding carboxylic acids is 4. The van der Waals surface area contributed by atoms with Gasteiger partial charge in [-0.1, -0.05) is 0 Å². The lowest BCUT2D eigenvalue weighted by Crippen LogP contribution is -2.61. The zero-order valence-electron chi connectivity index (χ0n) is 20.6. The molecule has 2 saturated heterocycles. The molecule has 0 aromatic rings. The first-order valence-corrected chi connectivity index (χ1v) is 11.8. The molecule has 2 aliphatic heterocycles. The van der Waals surface area contributed by atoms with Crippen LogP contribution in [-0.4, -0.2) is 78.2 Å². The Kier molecular flexibility index (Phi) is 9.11. The molecule has 3 N–H and O–H groups in total. The molecule has 2 fully saturated rings. The third kappa shape index (κ3) is 8.17. The van der Waals surface area contributed by atoms with Gasteiger partial charge in [0.25, 0.3) is 0 Å². The molecule has 10 nitrogen and oxygen atoms in total. The molecule has 188 valence electrons. The summed E-state index contributed by atoms with van der Waals surface area (Å²) in [6, 6.07) is 0. The van der Waals surface area contributed by atoms with Crippen LogP contribution in [0.15, 0.2) is 0 Å². The summed E-state index contributed by atoms with van der Waals surface area (Å²) in [6.45, 7) is 9.16. The van der Waals surface area contributed by atoms with Crippen LogP contribution in [0.25, 0.3) is 0 Å². The Hall–Kier alpha value is -2.36. The predicted molar refractivity (Wildman–Crippen MR) is 122 cm³/mol. The molecule has 0 spiro atoms. The first-order chi connectivity index (χ1) is 15.3. The second kappa shape index (κ2) is 11.2. The minimum Gasteiger partial charge on any atom is -0.466 e.